The Bertz CT molecular complexity index is 281. The Kier molecular flexibility index (Phi) is 8.40. The second-order valence-electron chi connectivity index (χ2n) is 3.53. The summed E-state index contributed by atoms with van der Waals surface area (Å²) in [4.78, 5) is 0. The first kappa shape index (κ1) is 14.4. The van der Waals surface area contributed by atoms with Crippen molar-refractivity contribution in [1.29, 1.82) is 0 Å². The molecule has 3 nitrogen and oxygen atoms in total. The van der Waals surface area contributed by atoms with Crippen LogP contribution in [0.3, 0.4) is 0 Å². The first-order valence-corrected chi connectivity index (χ1v) is 7.42. The number of hydrogen-bond donors (Lipinski definition) is 2. The van der Waals surface area contributed by atoms with Gasteiger partial charge in [-0.3, -0.25) is 0 Å². The molecule has 0 radical (unpaired) electrons. The quantitative estimate of drug-likeness (QED) is 0.526. The summed E-state index contributed by atoms with van der Waals surface area (Å²) in [7, 11) is 1.73. The Morgan fingerprint density at radius 3 is 2.81 bits per heavy atom. The van der Waals surface area contributed by atoms with E-state index in [1.807, 2.05) is 0 Å². The number of nitrogens with one attached hydrogen (secondary N) is 2. The van der Waals surface area contributed by atoms with Gasteiger partial charge in [-0.25, -0.2) is 0 Å². The predicted octanol–water partition coefficient (Wildman–Crippen LogP) is 2.07. The Balaban J connectivity index is 1.88. The van der Waals surface area contributed by atoms with Gasteiger partial charge < -0.3 is 15.4 Å². The van der Waals surface area contributed by atoms with Crippen LogP contribution in [0.25, 0.3) is 0 Å². The molecule has 92 valence electrons. The maximum Gasteiger partial charge on any atom is 0.0656 e. The average molecular weight is 354 g/mol. The van der Waals surface area contributed by atoms with Crippen LogP contribution in [0.1, 0.15) is 12.0 Å². The third-order valence-electron chi connectivity index (χ3n) is 2.14. The Hall–Kier alpha value is 0.310. The van der Waals surface area contributed by atoms with Crippen LogP contribution in [-0.4, -0.2) is 33.4 Å². The van der Waals surface area contributed by atoms with Crippen molar-refractivity contribution in [3.8, 4) is 0 Å². The molecular weight excluding hydrogens is 335 g/mol. The Labute approximate surface area is 115 Å². The largest absolute Gasteiger partial charge is 0.383 e. The van der Waals surface area contributed by atoms with E-state index in [2.05, 4.69) is 44.7 Å². The molecule has 0 aliphatic carbocycles. The van der Waals surface area contributed by atoms with Gasteiger partial charge in [-0.1, -0.05) is 0 Å². The second kappa shape index (κ2) is 9.35. The lowest BCUT2D eigenvalue weighted by Gasteiger charge is -2.05. The average Bonchev–Trinajstić information content (AvgIpc) is 2.68. The van der Waals surface area contributed by atoms with Gasteiger partial charge in [0.1, 0.15) is 0 Å². The van der Waals surface area contributed by atoms with Crippen LogP contribution < -0.4 is 10.6 Å². The lowest BCUT2D eigenvalue weighted by Crippen LogP contribution is -2.24. The number of thiophene rings is 1. The zero-order valence-electron chi connectivity index (χ0n) is 9.59. The third-order valence-corrected chi connectivity index (χ3v) is 3.98. The summed E-state index contributed by atoms with van der Waals surface area (Å²) >= 11 is 4.16. The number of hydrogen-bond acceptors (Lipinski definition) is 4. The van der Waals surface area contributed by atoms with E-state index in [0.29, 0.717) is 0 Å². The molecule has 0 spiro atoms. The molecule has 0 unspecified atom stereocenters. The fourth-order valence-electron chi connectivity index (χ4n) is 1.31. The predicted molar refractivity (Wildman–Crippen MR) is 78.1 cm³/mol. The normalized spacial score (nSPS) is 10.9. The minimum atomic E-state index is 0.792. The SMILES string of the molecule is COCCNCCCNCc1csc(I)c1. The fraction of sp³-hybridized carbons (Fsp3) is 0.636. The summed E-state index contributed by atoms with van der Waals surface area (Å²) in [6.45, 7) is 4.83. The Morgan fingerprint density at radius 2 is 2.12 bits per heavy atom. The zero-order chi connectivity index (χ0) is 11.6. The minimum Gasteiger partial charge on any atom is -0.383 e. The minimum absolute atomic E-state index is 0.792. The van der Waals surface area contributed by atoms with Gasteiger partial charge in [0.15, 0.2) is 0 Å². The molecule has 0 aliphatic rings. The fourth-order valence-corrected chi connectivity index (χ4v) is 2.72. The summed E-state index contributed by atoms with van der Waals surface area (Å²) in [6, 6.07) is 2.23. The molecule has 0 amide bonds. The van der Waals surface area contributed by atoms with E-state index >= 15 is 0 Å². The third kappa shape index (κ3) is 6.80. The van der Waals surface area contributed by atoms with E-state index in [1.165, 1.54) is 8.45 Å². The van der Waals surface area contributed by atoms with Crippen molar-refractivity contribution < 1.29 is 4.74 Å². The van der Waals surface area contributed by atoms with Gasteiger partial charge in [0.05, 0.1) is 9.49 Å². The van der Waals surface area contributed by atoms with Crippen LogP contribution in [-0.2, 0) is 11.3 Å². The van der Waals surface area contributed by atoms with Gasteiger partial charge in [-0.05, 0) is 59.1 Å². The highest BCUT2D eigenvalue weighted by atomic mass is 127. The van der Waals surface area contributed by atoms with Crippen molar-refractivity contribution in [2.24, 2.45) is 0 Å². The van der Waals surface area contributed by atoms with Crippen molar-refractivity contribution in [1.82, 2.24) is 10.6 Å². The highest BCUT2D eigenvalue weighted by Crippen LogP contribution is 2.16. The summed E-state index contributed by atoms with van der Waals surface area (Å²) in [6.07, 6.45) is 1.16. The molecule has 0 aromatic carbocycles. The molecule has 0 atom stereocenters. The second-order valence-corrected chi connectivity index (χ2v) is 6.34. The van der Waals surface area contributed by atoms with Crippen LogP contribution in [0.5, 0.6) is 0 Å². The van der Waals surface area contributed by atoms with Crippen molar-refractivity contribution in [3.63, 3.8) is 0 Å². The van der Waals surface area contributed by atoms with Crippen molar-refractivity contribution in [2.75, 3.05) is 33.4 Å². The van der Waals surface area contributed by atoms with E-state index in [-0.39, 0.29) is 0 Å². The first-order chi connectivity index (χ1) is 7.83. The number of rotatable bonds is 9. The number of halogens is 1. The summed E-state index contributed by atoms with van der Waals surface area (Å²) < 4.78 is 6.31. The standard InChI is InChI=1S/C11H19IN2OS/c1-15-6-5-13-3-2-4-14-8-10-7-11(12)16-9-10/h7,9,13-14H,2-6,8H2,1H3. The van der Waals surface area contributed by atoms with Crippen molar-refractivity contribution >= 4 is 33.9 Å². The van der Waals surface area contributed by atoms with E-state index in [0.717, 1.165) is 39.2 Å². The summed E-state index contributed by atoms with van der Waals surface area (Å²) in [5.41, 5.74) is 1.39. The molecule has 16 heavy (non-hydrogen) atoms. The zero-order valence-corrected chi connectivity index (χ0v) is 12.6. The summed E-state index contributed by atoms with van der Waals surface area (Å²) in [5.74, 6) is 0. The molecule has 0 bridgehead atoms. The summed E-state index contributed by atoms with van der Waals surface area (Å²) in [5, 5.41) is 8.98. The highest BCUT2D eigenvalue weighted by Gasteiger charge is 1.96. The lowest BCUT2D eigenvalue weighted by atomic mass is 10.3. The van der Waals surface area contributed by atoms with E-state index in [9.17, 15) is 0 Å². The molecular formula is C11H19IN2OS. The lowest BCUT2D eigenvalue weighted by molar-refractivity contribution is 0.199. The van der Waals surface area contributed by atoms with Gasteiger partial charge in [0.25, 0.3) is 0 Å². The van der Waals surface area contributed by atoms with Crippen molar-refractivity contribution in [3.05, 3.63) is 19.9 Å². The number of ether oxygens (including phenoxy) is 1. The molecule has 1 aromatic heterocycles. The first-order valence-electron chi connectivity index (χ1n) is 5.46. The van der Waals surface area contributed by atoms with Gasteiger partial charge in [-0.15, -0.1) is 11.3 Å². The topological polar surface area (TPSA) is 33.3 Å². The van der Waals surface area contributed by atoms with Crippen LogP contribution in [0, 0.1) is 2.88 Å². The van der Waals surface area contributed by atoms with Gasteiger partial charge in [0.2, 0.25) is 0 Å². The molecule has 5 heteroatoms. The molecule has 1 heterocycles. The van der Waals surface area contributed by atoms with Gasteiger partial charge >= 0.3 is 0 Å². The molecule has 1 rings (SSSR count). The van der Waals surface area contributed by atoms with Crippen LogP contribution in [0.2, 0.25) is 0 Å². The highest BCUT2D eigenvalue weighted by molar-refractivity contribution is 14.1. The van der Waals surface area contributed by atoms with Gasteiger partial charge in [-0.2, -0.15) is 0 Å². The maximum atomic E-state index is 4.95. The molecule has 0 aliphatic heterocycles. The molecule has 0 saturated carbocycles. The number of methoxy groups -OCH3 is 1. The molecule has 1 aromatic rings. The molecule has 2 N–H and O–H groups in total. The van der Waals surface area contributed by atoms with Gasteiger partial charge in [0, 0.05) is 20.2 Å². The van der Waals surface area contributed by atoms with E-state index < -0.39 is 0 Å². The van der Waals surface area contributed by atoms with Crippen LogP contribution in [0.15, 0.2) is 11.4 Å². The van der Waals surface area contributed by atoms with E-state index in [1.54, 1.807) is 18.4 Å². The monoisotopic (exact) mass is 354 g/mol. The maximum absolute atomic E-state index is 4.95. The van der Waals surface area contributed by atoms with Crippen LogP contribution in [0.4, 0.5) is 0 Å². The Morgan fingerprint density at radius 1 is 1.31 bits per heavy atom. The molecule has 0 fully saturated rings. The smallest absolute Gasteiger partial charge is 0.0656 e. The van der Waals surface area contributed by atoms with Crippen molar-refractivity contribution in [2.45, 2.75) is 13.0 Å². The van der Waals surface area contributed by atoms with E-state index in [4.69, 9.17) is 4.74 Å². The molecule has 0 saturated heterocycles. The van der Waals surface area contributed by atoms with Crippen LogP contribution >= 0.6 is 33.9 Å².